The number of likely N-dealkylation sites (N-methyl/N-ethyl adjacent to an activating group) is 1. The number of hydrogen-bond acceptors (Lipinski definition) is 4. The van der Waals surface area contributed by atoms with Gasteiger partial charge in [-0.2, -0.15) is 13.2 Å². The van der Waals surface area contributed by atoms with Gasteiger partial charge < -0.3 is 20.3 Å². The van der Waals surface area contributed by atoms with Crippen LogP contribution < -0.4 is 15.5 Å². The standard InChI is InChI=1S/C21H22F3N3O4/c1-12(31-20(30)25-11-21(22,23)24)18(28)26-17-15-9-4-3-7-13(15)14-8-5-6-10-16(14)27(2)19(17)29/h3-10,12-13,15,17H,11H2,1-2H3,(H,25,30)(H,26,28)/t12-,13?,15?,17?/m0/s1. The van der Waals surface area contributed by atoms with Gasteiger partial charge in [-0.1, -0.05) is 42.5 Å². The lowest BCUT2D eigenvalue weighted by atomic mass is 9.79. The Morgan fingerprint density at radius 2 is 1.87 bits per heavy atom. The number of carbonyl (C=O) groups is 3. The second-order valence-electron chi connectivity index (χ2n) is 7.33. The summed E-state index contributed by atoms with van der Waals surface area (Å²) in [6, 6.07) is 6.46. The lowest BCUT2D eigenvalue weighted by Crippen LogP contribution is -2.53. The molecule has 1 aromatic rings. The molecule has 0 saturated carbocycles. The molecule has 0 fully saturated rings. The number of alkyl carbamates (subject to hydrolysis) is 1. The first kappa shape index (κ1) is 22.4. The Labute approximate surface area is 176 Å². The van der Waals surface area contributed by atoms with E-state index in [2.05, 4.69) is 5.32 Å². The molecule has 2 N–H and O–H groups in total. The highest BCUT2D eigenvalue weighted by Crippen LogP contribution is 2.40. The van der Waals surface area contributed by atoms with Crippen LogP contribution in [0.4, 0.5) is 23.7 Å². The lowest BCUT2D eigenvalue weighted by Gasteiger charge is -2.30. The number of carbonyl (C=O) groups excluding carboxylic acids is 3. The van der Waals surface area contributed by atoms with E-state index in [-0.39, 0.29) is 17.7 Å². The van der Waals surface area contributed by atoms with Crippen molar-refractivity contribution >= 4 is 23.6 Å². The zero-order valence-corrected chi connectivity index (χ0v) is 16.8. The summed E-state index contributed by atoms with van der Waals surface area (Å²) in [6.45, 7) is -0.360. The van der Waals surface area contributed by atoms with Crippen molar-refractivity contribution in [3.8, 4) is 0 Å². The molecular formula is C21H22F3N3O4. The fourth-order valence-corrected chi connectivity index (χ4v) is 3.68. The molecule has 0 radical (unpaired) electrons. The normalized spacial score (nSPS) is 23.3. The van der Waals surface area contributed by atoms with Gasteiger partial charge in [-0.3, -0.25) is 9.59 Å². The minimum absolute atomic E-state index is 0.174. The maximum absolute atomic E-state index is 13.2. The molecule has 3 amide bonds. The number of fused-ring (bicyclic) bond motifs is 3. The Kier molecular flexibility index (Phi) is 6.37. The van der Waals surface area contributed by atoms with E-state index < -0.39 is 36.9 Å². The SMILES string of the molecule is C[C@H](OC(=O)NCC(F)(F)F)C(=O)NC1C(=O)N(C)c2ccccc2C2C=CC=CC12. The van der Waals surface area contributed by atoms with Crippen molar-refractivity contribution < 1.29 is 32.3 Å². The Morgan fingerprint density at radius 3 is 2.58 bits per heavy atom. The van der Waals surface area contributed by atoms with Gasteiger partial charge in [0.15, 0.2) is 6.10 Å². The zero-order valence-electron chi connectivity index (χ0n) is 16.8. The van der Waals surface area contributed by atoms with E-state index in [9.17, 15) is 27.6 Å². The summed E-state index contributed by atoms with van der Waals surface area (Å²) < 4.78 is 41.3. The summed E-state index contributed by atoms with van der Waals surface area (Å²) in [6.07, 6.45) is 0.0285. The number of rotatable bonds is 4. The van der Waals surface area contributed by atoms with Gasteiger partial charge in [-0.05, 0) is 18.6 Å². The predicted octanol–water partition coefficient (Wildman–Crippen LogP) is 2.65. The molecular weight excluding hydrogens is 415 g/mol. The highest BCUT2D eigenvalue weighted by atomic mass is 19.4. The van der Waals surface area contributed by atoms with E-state index in [4.69, 9.17) is 4.74 Å². The van der Waals surface area contributed by atoms with Crippen LogP contribution in [0.25, 0.3) is 0 Å². The van der Waals surface area contributed by atoms with Crippen molar-refractivity contribution in [2.45, 2.75) is 31.2 Å². The Balaban J connectivity index is 1.75. The van der Waals surface area contributed by atoms with Gasteiger partial charge in [0.25, 0.3) is 5.91 Å². The fraction of sp³-hybridized carbons (Fsp3) is 0.381. The number of allylic oxidation sites excluding steroid dienone is 3. The molecule has 1 aromatic carbocycles. The molecule has 1 aliphatic heterocycles. The topological polar surface area (TPSA) is 87.7 Å². The first-order chi connectivity index (χ1) is 14.6. The second kappa shape index (κ2) is 8.83. The first-order valence-corrected chi connectivity index (χ1v) is 9.61. The van der Waals surface area contributed by atoms with Gasteiger partial charge in [0.1, 0.15) is 12.6 Å². The van der Waals surface area contributed by atoms with Gasteiger partial charge in [0, 0.05) is 24.6 Å². The van der Waals surface area contributed by atoms with Crippen molar-refractivity contribution in [3.05, 3.63) is 54.1 Å². The van der Waals surface area contributed by atoms with Crippen molar-refractivity contribution in [1.82, 2.24) is 10.6 Å². The average molecular weight is 437 g/mol. The van der Waals surface area contributed by atoms with Gasteiger partial charge >= 0.3 is 12.3 Å². The number of anilines is 1. The minimum atomic E-state index is -4.60. The van der Waals surface area contributed by atoms with E-state index in [1.165, 1.54) is 17.1 Å². The lowest BCUT2D eigenvalue weighted by molar-refractivity contribution is -0.134. The van der Waals surface area contributed by atoms with Crippen LogP contribution in [0, 0.1) is 5.92 Å². The monoisotopic (exact) mass is 437 g/mol. The van der Waals surface area contributed by atoms with Crippen LogP contribution >= 0.6 is 0 Å². The number of ether oxygens (including phenoxy) is 1. The quantitative estimate of drug-likeness (QED) is 0.758. The Bertz CT molecular complexity index is 929. The number of nitrogens with one attached hydrogen (secondary N) is 2. The Hall–Kier alpha value is -3.30. The molecule has 2 aliphatic rings. The maximum atomic E-state index is 13.2. The third-order valence-electron chi connectivity index (χ3n) is 5.20. The third kappa shape index (κ3) is 5.07. The van der Waals surface area contributed by atoms with Crippen molar-refractivity contribution in [1.29, 1.82) is 0 Å². The van der Waals surface area contributed by atoms with Crippen LogP contribution in [0.1, 0.15) is 18.4 Å². The second-order valence-corrected chi connectivity index (χ2v) is 7.33. The van der Waals surface area contributed by atoms with E-state index in [0.29, 0.717) is 0 Å². The summed E-state index contributed by atoms with van der Waals surface area (Å²) in [4.78, 5) is 38.8. The molecule has 3 unspecified atom stereocenters. The number of hydrogen-bond donors (Lipinski definition) is 2. The summed E-state index contributed by atoms with van der Waals surface area (Å²) in [5, 5.41) is 4.14. The first-order valence-electron chi connectivity index (χ1n) is 9.61. The van der Waals surface area contributed by atoms with Crippen LogP contribution in [0.15, 0.2) is 48.6 Å². The molecule has 7 nitrogen and oxygen atoms in total. The van der Waals surface area contributed by atoms with Gasteiger partial charge in [-0.15, -0.1) is 0 Å². The van der Waals surface area contributed by atoms with Crippen molar-refractivity contribution in [2.24, 2.45) is 5.92 Å². The molecule has 0 aromatic heterocycles. The van der Waals surface area contributed by atoms with E-state index in [1.54, 1.807) is 13.1 Å². The average Bonchev–Trinajstić information content (AvgIpc) is 2.82. The van der Waals surface area contributed by atoms with Crippen molar-refractivity contribution in [3.63, 3.8) is 0 Å². The molecule has 0 spiro atoms. The highest BCUT2D eigenvalue weighted by molar-refractivity contribution is 6.01. The molecule has 31 heavy (non-hydrogen) atoms. The minimum Gasteiger partial charge on any atom is -0.436 e. The van der Waals surface area contributed by atoms with E-state index >= 15 is 0 Å². The largest absolute Gasteiger partial charge is 0.436 e. The van der Waals surface area contributed by atoms with E-state index in [1.807, 2.05) is 42.5 Å². The molecule has 166 valence electrons. The van der Waals surface area contributed by atoms with Gasteiger partial charge in [0.2, 0.25) is 5.91 Å². The molecule has 1 heterocycles. The molecule has 4 atom stereocenters. The van der Waals surface area contributed by atoms with Crippen LogP contribution in [0.5, 0.6) is 0 Å². The summed E-state index contributed by atoms with van der Waals surface area (Å²) in [7, 11) is 1.61. The summed E-state index contributed by atoms with van der Waals surface area (Å²) in [5.41, 5.74) is 1.64. The molecule has 3 rings (SSSR count). The third-order valence-corrected chi connectivity index (χ3v) is 5.20. The van der Waals surface area contributed by atoms with E-state index in [0.717, 1.165) is 11.3 Å². The fourth-order valence-electron chi connectivity index (χ4n) is 3.68. The van der Waals surface area contributed by atoms with Crippen LogP contribution in [0.3, 0.4) is 0 Å². The van der Waals surface area contributed by atoms with Crippen LogP contribution in [-0.4, -0.2) is 49.8 Å². The summed E-state index contributed by atoms with van der Waals surface area (Å²) in [5.74, 6) is -1.71. The maximum Gasteiger partial charge on any atom is 0.408 e. The number of benzene rings is 1. The molecule has 0 saturated heterocycles. The summed E-state index contributed by atoms with van der Waals surface area (Å²) >= 11 is 0. The number of halogens is 3. The van der Waals surface area contributed by atoms with Crippen LogP contribution in [0.2, 0.25) is 0 Å². The number of amides is 3. The number of nitrogens with zero attached hydrogens (tertiary/aromatic N) is 1. The predicted molar refractivity (Wildman–Crippen MR) is 106 cm³/mol. The zero-order chi connectivity index (χ0) is 22.8. The number of para-hydroxylation sites is 1. The van der Waals surface area contributed by atoms with Crippen molar-refractivity contribution in [2.75, 3.05) is 18.5 Å². The van der Waals surface area contributed by atoms with Crippen LogP contribution in [-0.2, 0) is 14.3 Å². The molecule has 0 bridgehead atoms. The molecule has 10 heteroatoms. The van der Waals surface area contributed by atoms with Gasteiger partial charge in [-0.25, -0.2) is 4.79 Å². The number of alkyl halides is 3. The smallest absolute Gasteiger partial charge is 0.408 e. The molecule has 1 aliphatic carbocycles. The van der Waals surface area contributed by atoms with Gasteiger partial charge in [0.05, 0.1) is 0 Å². The highest BCUT2D eigenvalue weighted by Gasteiger charge is 2.41. The Morgan fingerprint density at radius 1 is 1.19 bits per heavy atom.